The van der Waals surface area contributed by atoms with Gasteiger partial charge in [0.25, 0.3) is 0 Å². The fourth-order valence-electron chi connectivity index (χ4n) is 8.66. The van der Waals surface area contributed by atoms with E-state index in [0.29, 0.717) is 31.6 Å². The average Bonchev–Trinajstić information content (AvgIpc) is 2.69. The Hall–Kier alpha value is -5.09. The number of unbranched alkanes of at least 4 members (excludes halogenated alkanes) is 3. The van der Waals surface area contributed by atoms with Gasteiger partial charge in [-0.2, -0.15) is 26.3 Å². The van der Waals surface area contributed by atoms with Crippen molar-refractivity contribution in [1.29, 1.82) is 0 Å². The molecule has 2 fully saturated rings. The Labute approximate surface area is 510 Å². The third-order valence-electron chi connectivity index (χ3n) is 13.5. The first-order chi connectivity index (χ1) is 42.8. The summed E-state index contributed by atoms with van der Waals surface area (Å²) in [6.07, 6.45) is -14.2. The molecule has 2 amide bonds. The minimum atomic E-state index is -4.68. The van der Waals surface area contributed by atoms with Crippen LogP contribution in [0.3, 0.4) is 0 Å². The molecule has 36 heteroatoms. The maximum Gasteiger partial charge on any atom is 0.433 e. The number of aliphatic hydroxyl groups is 6. The second-order valence-electron chi connectivity index (χ2n) is 20.3. The molecule has 2 unspecified atom stereocenters. The Morgan fingerprint density at radius 3 is 1.35 bits per heavy atom. The predicted molar refractivity (Wildman–Crippen MR) is 300 cm³/mol. The van der Waals surface area contributed by atoms with Crippen LogP contribution in [-0.4, -0.2) is 274 Å². The number of rotatable bonds is 48. The molecule has 2 aromatic rings. The number of aromatic nitrogens is 4. The van der Waals surface area contributed by atoms with Crippen molar-refractivity contribution in [2.75, 3.05) is 156 Å². The lowest BCUT2D eigenvalue weighted by Gasteiger charge is -2.37. The molecule has 508 valence electrons. The zero-order valence-corrected chi connectivity index (χ0v) is 49.4. The lowest BCUT2D eigenvalue weighted by Crippen LogP contribution is -2.57. The molecule has 0 radical (unpaired) electrons. The van der Waals surface area contributed by atoms with Crippen molar-refractivity contribution in [2.24, 2.45) is 5.11 Å². The summed E-state index contributed by atoms with van der Waals surface area (Å²) >= 11 is 0. The molecule has 11 N–H and O–H groups in total. The summed E-state index contributed by atoms with van der Waals surface area (Å²) in [6, 6.07) is -1.36. The number of carbonyl (C=O) groups excluding carboxylic acids is 2. The smallest absolute Gasteiger partial charge is 0.391 e. The number of alkyl halides is 6. The van der Waals surface area contributed by atoms with Crippen LogP contribution in [0.5, 0.6) is 0 Å². The van der Waals surface area contributed by atoms with Gasteiger partial charge in [-0.05, 0) is 49.9 Å². The molecule has 2 aromatic heterocycles. The molecular weight excluding hydrogens is 1210 g/mol. The molecule has 2 saturated heterocycles. The zero-order valence-electron chi connectivity index (χ0n) is 49.4. The van der Waals surface area contributed by atoms with Crippen molar-refractivity contribution in [2.45, 2.75) is 131 Å². The summed E-state index contributed by atoms with van der Waals surface area (Å²) in [5.74, 6) is -1.43. The molecule has 0 aromatic carbocycles. The van der Waals surface area contributed by atoms with Crippen molar-refractivity contribution >= 4 is 23.7 Å². The lowest BCUT2D eigenvalue weighted by atomic mass is 9.96. The predicted octanol–water partition coefficient (Wildman–Crippen LogP) is 0.283. The van der Waals surface area contributed by atoms with E-state index in [1.54, 1.807) is 0 Å². The van der Waals surface area contributed by atoms with E-state index >= 15 is 0 Å². The summed E-state index contributed by atoms with van der Waals surface area (Å²) in [4.78, 5) is 42.3. The number of nitrogens with zero attached hydrogens (tertiary/aromatic N) is 7. The van der Waals surface area contributed by atoms with Gasteiger partial charge in [-0.15, -0.1) is 0 Å². The van der Waals surface area contributed by atoms with Crippen LogP contribution < -0.4 is 26.6 Å². The van der Waals surface area contributed by atoms with Crippen molar-refractivity contribution < 1.29 is 114 Å². The molecule has 4 rings (SSSR count). The van der Waals surface area contributed by atoms with E-state index in [9.17, 15) is 66.6 Å². The van der Waals surface area contributed by atoms with Crippen molar-refractivity contribution in [3.05, 3.63) is 46.4 Å². The molecule has 10 atom stereocenters. The van der Waals surface area contributed by atoms with Gasteiger partial charge in [0, 0.05) is 49.8 Å². The van der Waals surface area contributed by atoms with Crippen molar-refractivity contribution in [3.63, 3.8) is 0 Å². The van der Waals surface area contributed by atoms with Gasteiger partial charge in [0.2, 0.25) is 23.7 Å². The Kier molecular flexibility index (Phi) is 37.4. The number of anilines is 2. The number of amides is 2. The largest absolute Gasteiger partial charge is 0.433 e. The first kappa shape index (κ1) is 76.4. The summed E-state index contributed by atoms with van der Waals surface area (Å²) < 4.78 is 133. The van der Waals surface area contributed by atoms with Gasteiger partial charge in [-0.25, -0.2) is 19.9 Å². The van der Waals surface area contributed by atoms with E-state index in [4.69, 9.17) is 52.9 Å². The van der Waals surface area contributed by atoms with Crippen LogP contribution in [0.2, 0.25) is 0 Å². The van der Waals surface area contributed by atoms with Crippen LogP contribution in [0.15, 0.2) is 29.6 Å². The number of hydrogen-bond donors (Lipinski definition) is 11. The van der Waals surface area contributed by atoms with Gasteiger partial charge < -0.3 is 105 Å². The van der Waals surface area contributed by atoms with Crippen LogP contribution in [0, 0.1) is 0 Å². The van der Waals surface area contributed by atoms with Gasteiger partial charge in [0.15, 0.2) is 0 Å². The number of halogens is 6. The summed E-state index contributed by atoms with van der Waals surface area (Å²) in [5, 5.41) is 81.5. The van der Waals surface area contributed by atoms with Crippen LogP contribution in [-0.2, 0) is 69.3 Å². The van der Waals surface area contributed by atoms with Crippen molar-refractivity contribution in [1.82, 2.24) is 35.9 Å². The minimum Gasteiger partial charge on any atom is -0.391 e. The van der Waals surface area contributed by atoms with Gasteiger partial charge in [-0.1, -0.05) is 18.0 Å². The number of aliphatic hydroxyl groups excluding tert-OH is 6. The molecule has 2 aliphatic heterocycles. The SMILES string of the molecule is [N-]=[N+]=NCCCCCCNC(C(O)CCC(=O)NCCOCCOCCOCCOC[C@H]1OC[C@H](Nc2nccc(C(F)(F)F)n2)[C@@H](O)[C@H]1O)C(O)CCC(=O)NCCOCCOCCOCCOC[C@H]1OC[C@H](Nc2nccc(C(F)(F)F)n2)[C@@H](O)[C@H]1O. The fraction of sp³-hybridized carbons (Fsp3) is 0.811. The first-order valence-electron chi connectivity index (χ1n) is 29.3. The number of nitrogens with one attached hydrogen (secondary N) is 5. The molecule has 2 aliphatic rings. The van der Waals surface area contributed by atoms with Crippen LogP contribution >= 0.6 is 0 Å². The van der Waals surface area contributed by atoms with Gasteiger partial charge >= 0.3 is 12.4 Å². The molecule has 0 aliphatic carbocycles. The summed E-state index contributed by atoms with van der Waals surface area (Å²) in [6.45, 7) is 3.77. The van der Waals surface area contributed by atoms with Gasteiger partial charge in [0.05, 0.1) is 149 Å². The van der Waals surface area contributed by atoms with E-state index in [-0.39, 0.29) is 181 Å². The highest BCUT2D eigenvalue weighted by atomic mass is 19.4. The molecule has 0 saturated carbocycles. The van der Waals surface area contributed by atoms with E-state index in [1.165, 1.54) is 0 Å². The molecule has 89 heavy (non-hydrogen) atoms. The Bertz CT molecular complexity index is 2160. The Balaban J connectivity index is 0.960. The number of ether oxygens (including phenoxy) is 10. The highest BCUT2D eigenvalue weighted by Gasteiger charge is 2.41. The van der Waals surface area contributed by atoms with Crippen molar-refractivity contribution in [3.8, 4) is 0 Å². The van der Waals surface area contributed by atoms with Crippen LogP contribution in [0.4, 0.5) is 38.2 Å². The monoisotopic (exact) mass is 1290 g/mol. The number of carbonyl (C=O) groups is 2. The van der Waals surface area contributed by atoms with E-state index < -0.39 is 90.7 Å². The molecular formula is C53H86F6N12O18. The second-order valence-corrected chi connectivity index (χ2v) is 20.3. The maximum atomic E-state index is 13.0. The Morgan fingerprint density at radius 1 is 0.573 bits per heavy atom. The summed E-state index contributed by atoms with van der Waals surface area (Å²) in [7, 11) is 0. The van der Waals surface area contributed by atoms with Crippen LogP contribution in [0.1, 0.15) is 62.8 Å². The average molecular weight is 1290 g/mol. The highest BCUT2D eigenvalue weighted by molar-refractivity contribution is 5.76. The van der Waals surface area contributed by atoms with Gasteiger partial charge in [-0.3, -0.25) is 9.59 Å². The number of azide groups is 1. The minimum absolute atomic E-state index is 0.0243. The third kappa shape index (κ3) is 31.7. The summed E-state index contributed by atoms with van der Waals surface area (Å²) in [5.41, 5.74) is 6.16. The second kappa shape index (κ2) is 43.6. The standard InChI is InChI=1S/C53H86F6N12O18/c54-52(55,56)41-9-13-64-50(69-41)67-35-31-88-39(48(78)46(35)76)33-86-29-27-84-25-23-82-21-19-80-17-15-61-43(74)7-5-37(72)45(63-11-3-1-2-4-12-66-71-60)38(73)6-8-44(75)62-16-18-81-20-22-83-24-26-85-28-30-87-34-40-49(79)47(77)36(32-89-40)68-51-65-14-10-42(70-51)53(57,58)59/h9-10,13-14,35-40,45-49,63,72-73,76-79H,1-8,11-12,15-34H2,(H,61,74)(H,62,75)(H,64,67,69)(H,65,68,70)/t35-,36-,37?,38?,39+,40+,45?,46+,47+,48-,49-/m0/s1. The van der Waals surface area contributed by atoms with Gasteiger partial charge in [0.1, 0.15) is 48.0 Å². The fourth-order valence-corrected chi connectivity index (χ4v) is 8.66. The lowest BCUT2D eigenvalue weighted by molar-refractivity contribution is -0.161. The Morgan fingerprint density at radius 2 is 0.955 bits per heavy atom. The van der Waals surface area contributed by atoms with E-state index in [0.717, 1.165) is 31.7 Å². The quantitative estimate of drug-likeness (QED) is 0.0139. The van der Waals surface area contributed by atoms with E-state index in [2.05, 4.69) is 56.5 Å². The molecule has 0 spiro atoms. The molecule has 0 bridgehead atoms. The zero-order chi connectivity index (χ0) is 64.7. The molecule has 30 nitrogen and oxygen atoms in total. The number of hydrogen-bond acceptors (Lipinski definition) is 26. The topological polar surface area (TPSA) is 408 Å². The first-order valence-corrected chi connectivity index (χ1v) is 29.3. The van der Waals surface area contributed by atoms with E-state index in [1.807, 2.05) is 0 Å². The highest BCUT2D eigenvalue weighted by Crippen LogP contribution is 2.29. The normalized spacial score (nSPS) is 21.6. The maximum absolute atomic E-state index is 13.0. The van der Waals surface area contributed by atoms with Crippen LogP contribution in [0.25, 0.3) is 10.4 Å². The molecule has 4 heterocycles. The third-order valence-corrected chi connectivity index (χ3v) is 13.5.